The van der Waals surface area contributed by atoms with Gasteiger partial charge in [-0.15, -0.1) is 0 Å². The normalized spacial score (nSPS) is 13.0. The number of primary amides is 1. The topological polar surface area (TPSA) is 94.0 Å². The zero-order valence-corrected chi connectivity index (χ0v) is 12.7. The Morgan fingerprint density at radius 2 is 2.10 bits per heavy atom. The van der Waals surface area contributed by atoms with Gasteiger partial charge < -0.3 is 15.6 Å². The zero-order chi connectivity index (χ0) is 15.6. The van der Waals surface area contributed by atoms with Gasteiger partial charge in [0, 0.05) is 16.7 Å². The van der Waals surface area contributed by atoms with Crippen molar-refractivity contribution in [3.05, 3.63) is 41.5 Å². The van der Waals surface area contributed by atoms with Crippen molar-refractivity contribution in [1.82, 2.24) is 10.1 Å². The first-order valence-corrected chi connectivity index (χ1v) is 6.78. The molecular weight excluding hydrogens is 268 g/mol. The highest BCUT2D eigenvalue weighted by Crippen LogP contribution is 2.23. The van der Waals surface area contributed by atoms with Crippen molar-refractivity contribution >= 4 is 11.6 Å². The minimum absolute atomic E-state index is 0.159. The number of benzene rings is 1. The van der Waals surface area contributed by atoms with Crippen LogP contribution in [0.5, 0.6) is 0 Å². The van der Waals surface area contributed by atoms with E-state index in [4.69, 9.17) is 10.3 Å². The first-order valence-electron chi connectivity index (χ1n) is 6.78. The fourth-order valence-electron chi connectivity index (χ4n) is 1.79. The average molecular weight is 288 g/mol. The Morgan fingerprint density at radius 3 is 2.67 bits per heavy atom. The predicted octanol–water partition coefficient (Wildman–Crippen LogP) is 2.64. The molecule has 1 aromatic heterocycles. The molecule has 0 fully saturated rings. The number of carbonyl (C=O) groups excluding carboxylic acids is 1. The number of anilines is 1. The van der Waals surface area contributed by atoms with E-state index in [0.29, 0.717) is 17.3 Å². The van der Waals surface area contributed by atoms with Gasteiger partial charge in [-0.25, -0.2) is 0 Å². The molecule has 3 N–H and O–H groups in total. The quantitative estimate of drug-likeness (QED) is 0.902. The maximum absolute atomic E-state index is 11.2. The highest BCUT2D eigenvalue weighted by atomic mass is 16.5. The number of rotatable bonds is 4. The van der Waals surface area contributed by atoms with E-state index < -0.39 is 5.91 Å². The summed E-state index contributed by atoms with van der Waals surface area (Å²) in [5, 5.41) is 7.21. The molecule has 0 spiro atoms. The summed E-state index contributed by atoms with van der Waals surface area (Å²) in [4.78, 5) is 15.6. The lowest BCUT2D eigenvalue weighted by Gasteiger charge is -2.13. The zero-order valence-electron chi connectivity index (χ0n) is 12.7. The van der Waals surface area contributed by atoms with Gasteiger partial charge >= 0.3 is 0 Å². The number of aromatic nitrogens is 2. The Morgan fingerprint density at radius 1 is 1.38 bits per heavy atom. The summed E-state index contributed by atoms with van der Waals surface area (Å²) < 4.78 is 5.29. The highest BCUT2D eigenvalue weighted by molar-refractivity contribution is 5.93. The fourth-order valence-corrected chi connectivity index (χ4v) is 1.79. The molecule has 0 aliphatic rings. The third kappa shape index (κ3) is 3.59. The van der Waals surface area contributed by atoms with Crippen molar-refractivity contribution in [1.29, 1.82) is 0 Å². The van der Waals surface area contributed by atoms with Crippen molar-refractivity contribution in [3.8, 4) is 0 Å². The van der Waals surface area contributed by atoms with Crippen molar-refractivity contribution < 1.29 is 9.32 Å². The smallest absolute Gasteiger partial charge is 0.248 e. The second-order valence-corrected chi connectivity index (χ2v) is 6.02. The molecule has 21 heavy (non-hydrogen) atoms. The van der Waals surface area contributed by atoms with Crippen LogP contribution in [0.1, 0.15) is 55.8 Å². The monoisotopic (exact) mass is 288 g/mol. The Labute approximate surface area is 123 Å². The largest absolute Gasteiger partial charge is 0.374 e. The van der Waals surface area contributed by atoms with Crippen molar-refractivity contribution in [2.24, 2.45) is 5.73 Å². The van der Waals surface area contributed by atoms with Crippen LogP contribution in [0.3, 0.4) is 0 Å². The minimum Gasteiger partial charge on any atom is -0.374 e. The summed E-state index contributed by atoms with van der Waals surface area (Å²) in [6, 6.07) is 6.81. The number of carbonyl (C=O) groups is 1. The summed E-state index contributed by atoms with van der Waals surface area (Å²) in [7, 11) is 0. The first kappa shape index (κ1) is 15.0. The number of nitrogens with one attached hydrogen (secondary N) is 1. The second-order valence-electron chi connectivity index (χ2n) is 6.02. The van der Waals surface area contributed by atoms with E-state index in [2.05, 4.69) is 15.5 Å². The number of amides is 1. The van der Waals surface area contributed by atoms with Gasteiger partial charge in [-0.1, -0.05) is 32.0 Å². The number of hydrogen-bond donors (Lipinski definition) is 2. The van der Waals surface area contributed by atoms with Crippen molar-refractivity contribution in [2.75, 3.05) is 5.32 Å². The molecule has 0 saturated heterocycles. The molecule has 0 unspecified atom stereocenters. The highest BCUT2D eigenvalue weighted by Gasteiger charge is 2.23. The van der Waals surface area contributed by atoms with Gasteiger partial charge in [-0.2, -0.15) is 4.98 Å². The van der Waals surface area contributed by atoms with Crippen molar-refractivity contribution in [2.45, 2.75) is 39.2 Å². The Kier molecular flexibility index (Phi) is 3.97. The fraction of sp³-hybridized carbons (Fsp3) is 0.400. The number of nitrogens with two attached hydrogens (primary N) is 1. The molecule has 6 nitrogen and oxygen atoms in total. The van der Waals surface area contributed by atoms with Crippen LogP contribution in [0.4, 0.5) is 5.69 Å². The van der Waals surface area contributed by atoms with E-state index >= 15 is 0 Å². The van der Waals surface area contributed by atoms with Crippen LogP contribution in [0.15, 0.2) is 28.8 Å². The first-order chi connectivity index (χ1) is 9.77. The molecule has 2 aromatic rings. The van der Waals surface area contributed by atoms with E-state index in [-0.39, 0.29) is 11.5 Å². The maximum atomic E-state index is 11.2. The SMILES string of the molecule is C[C@H](Nc1cccc(C(N)=O)c1)c1nc(C(C)(C)C)no1. The number of hydrogen-bond acceptors (Lipinski definition) is 5. The van der Waals surface area contributed by atoms with Crippen LogP contribution < -0.4 is 11.1 Å². The number of nitrogens with zero attached hydrogens (tertiary/aromatic N) is 2. The molecule has 0 aliphatic heterocycles. The molecule has 0 aliphatic carbocycles. The van der Waals surface area contributed by atoms with Gasteiger partial charge in [0.25, 0.3) is 0 Å². The molecule has 2 rings (SSSR count). The summed E-state index contributed by atoms with van der Waals surface area (Å²) >= 11 is 0. The lowest BCUT2D eigenvalue weighted by molar-refractivity contribution is 0.100. The molecule has 1 heterocycles. The molecule has 0 saturated carbocycles. The van der Waals surface area contributed by atoms with E-state index in [1.165, 1.54) is 0 Å². The lowest BCUT2D eigenvalue weighted by atomic mass is 9.96. The summed E-state index contributed by atoms with van der Waals surface area (Å²) in [5.41, 5.74) is 6.33. The summed E-state index contributed by atoms with van der Waals surface area (Å²) in [6.07, 6.45) is 0. The third-order valence-corrected chi connectivity index (χ3v) is 3.01. The van der Waals surface area contributed by atoms with Gasteiger partial charge in [0.2, 0.25) is 11.8 Å². The van der Waals surface area contributed by atoms with Crippen LogP contribution in [-0.4, -0.2) is 16.0 Å². The Hall–Kier alpha value is -2.37. The molecule has 1 atom stereocenters. The molecule has 112 valence electrons. The van der Waals surface area contributed by atoms with Gasteiger partial charge in [-0.3, -0.25) is 4.79 Å². The van der Waals surface area contributed by atoms with Gasteiger partial charge in [0.1, 0.15) is 6.04 Å². The van der Waals surface area contributed by atoms with E-state index in [1.54, 1.807) is 18.2 Å². The molecule has 1 amide bonds. The molecule has 0 bridgehead atoms. The lowest BCUT2D eigenvalue weighted by Crippen LogP contribution is -2.14. The van der Waals surface area contributed by atoms with E-state index in [9.17, 15) is 4.79 Å². The van der Waals surface area contributed by atoms with Crippen LogP contribution in [0.25, 0.3) is 0 Å². The minimum atomic E-state index is -0.459. The van der Waals surface area contributed by atoms with Gasteiger partial charge in [-0.05, 0) is 25.1 Å². The van der Waals surface area contributed by atoms with Crippen molar-refractivity contribution in [3.63, 3.8) is 0 Å². The van der Waals surface area contributed by atoms with E-state index in [1.807, 2.05) is 33.8 Å². The summed E-state index contributed by atoms with van der Waals surface area (Å²) in [5.74, 6) is 0.709. The Balaban J connectivity index is 2.14. The average Bonchev–Trinajstić information content (AvgIpc) is 2.88. The van der Waals surface area contributed by atoms with Gasteiger partial charge in [0.15, 0.2) is 5.82 Å². The molecule has 6 heteroatoms. The predicted molar refractivity (Wildman–Crippen MR) is 80.0 cm³/mol. The van der Waals surface area contributed by atoms with Crippen LogP contribution >= 0.6 is 0 Å². The standard InChI is InChI=1S/C15H20N4O2/c1-9(13-18-14(19-21-13)15(2,3)4)17-11-7-5-6-10(8-11)12(16)20/h5-9,17H,1-4H3,(H2,16,20)/t9-/m0/s1. The van der Waals surface area contributed by atoms with E-state index in [0.717, 1.165) is 5.69 Å². The molecule has 1 aromatic carbocycles. The van der Waals surface area contributed by atoms with Gasteiger partial charge in [0.05, 0.1) is 0 Å². The van der Waals surface area contributed by atoms with Crippen LogP contribution in [0.2, 0.25) is 0 Å². The maximum Gasteiger partial charge on any atom is 0.248 e. The van der Waals surface area contributed by atoms with Crippen LogP contribution in [0, 0.1) is 0 Å². The second kappa shape index (κ2) is 5.55. The molecule has 0 radical (unpaired) electrons. The van der Waals surface area contributed by atoms with Crippen LogP contribution in [-0.2, 0) is 5.41 Å². The summed E-state index contributed by atoms with van der Waals surface area (Å²) in [6.45, 7) is 7.99. The third-order valence-electron chi connectivity index (χ3n) is 3.01. The molecular formula is C15H20N4O2. The Bertz CT molecular complexity index is 643.